The van der Waals surface area contributed by atoms with Crippen molar-refractivity contribution in [3.8, 4) is 0 Å². The highest BCUT2D eigenvalue weighted by Crippen LogP contribution is 2.33. The Kier molecular flexibility index (Phi) is 11.1. The highest BCUT2D eigenvalue weighted by Gasteiger charge is 2.44. The molecule has 0 bridgehead atoms. The first-order valence-corrected chi connectivity index (χ1v) is 17.4. The van der Waals surface area contributed by atoms with Crippen LogP contribution in [0.1, 0.15) is 92.2 Å². The molecule has 1 heterocycles. The summed E-state index contributed by atoms with van der Waals surface area (Å²) in [6, 6.07) is 14.3. The number of aliphatic hydroxyl groups excluding tert-OH is 1. The molecule has 0 saturated heterocycles. The molecule has 0 radical (unpaired) electrons. The smallest absolute Gasteiger partial charge is 0.249 e. The predicted molar refractivity (Wildman–Crippen MR) is 171 cm³/mol. The lowest BCUT2D eigenvalue weighted by Gasteiger charge is -2.31. The lowest BCUT2D eigenvalue weighted by molar-refractivity contribution is -0.130. The van der Waals surface area contributed by atoms with Crippen molar-refractivity contribution in [2.45, 2.75) is 87.5 Å². The van der Waals surface area contributed by atoms with E-state index in [-0.39, 0.29) is 17.2 Å². The van der Waals surface area contributed by atoms with E-state index in [4.69, 9.17) is 0 Å². The number of hydrogen-bond donors (Lipinski definition) is 3. The highest BCUT2D eigenvalue weighted by molar-refractivity contribution is 7.93. The fraction of sp³-hybridized carbons (Fsp3) is 0.455. The lowest BCUT2D eigenvalue weighted by atomic mass is 9.82. The van der Waals surface area contributed by atoms with E-state index < -0.39 is 55.6 Å². The van der Waals surface area contributed by atoms with Crippen LogP contribution in [0.15, 0.2) is 71.6 Å². The largest absolute Gasteiger partial charge is 0.383 e. The van der Waals surface area contributed by atoms with Crippen LogP contribution in [0.25, 0.3) is 0 Å². The molecule has 1 aliphatic carbocycles. The van der Waals surface area contributed by atoms with Crippen LogP contribution in [0, 0.1) is 5.92 Å². The van der Waals surface area contributed by atoms with Crippen LogP contribution in [0.5, 0.6) is 0 Å². The van der Waals surface area contributed by atoms with E-state index >= 15 is 0 Å². The van der Waals surface area contributed by atoms with Crippen LogP contribution < -0.4 is 10.6 Å². The van der Waals surface area contributed by atoms with E-state index in [0.29, 0.717) is 12.0 Å². The molecule has 1 aromatic heterocycles. The van der Waals surface area contributed by atoms with E-state index in [1.807, 2.05) is 0 Å². The zero-order chi connectivity index (χ0) is 31.9. The van der Waals surface area contributed by atoms with E-state index in [9.17, 15) is 27.9 Å². The van der Waals surface area contributed by atoms with Crippen LogP contribution in [-0.2, 0) is 19.4 Å². The summed E-state index contributed by atoms with van der Waals surface area (Å²) in [6.07, 6.45) is 3.91. The van der Waals surface area contributed by atoms with Crippen molar-refractivity contribution in [1.29, 1.82) is 0 Å². The van der Waals surface area contributed by atoms with Crippen molar-refractivity contribution >= 4 is 38.8 Å². The van der Waals surface area contributed by atoms with E-state index in [1.165, 1.54) is 37.6 Å². The number of nitrogens with zero attached hydrogens (tertiary/aromatic N) is 1. The molecule has 44 heavy (non-hydrogen) atoms. The summed E-state index contributed by atoms with van der Waals surface area (Å²) in [5.41, 5.74) is 2.33. The van der Waals surface area contributed by atoms with Crippen LogP contribution in [-0.4, -0.2) is 53.0 Å². The first-order chi connectivity index (χ1) is 20.9. The van der Waals surface area contributed by atoms with Gasteiger partial charge in [-0.05, 0) is 38.7 Å². The number of amides is 2. The normalized spacial score (nSPS) is 17.2. The molecule has 3 N–H and O–H groups in total. The summed E-state index contributed by atoms with van der Waals surface area (Å²) in [6.45, 7) is 4.57. The topological polar surface area (TPSA) is 143 Å². The maximum atomic E-state index is 14.0. The van der Waals surface area contributed by atoms with Crippen molar-refractivity contribution in [3.63, 3.8) is 0 Å². The zero-order valence-corrected chi connectivity index (χ0v) is 26.9. The number of thiazole rings is 1. The molecule has 4 atom stereocenters. The molecule has 1 fully saturated rings. The van der Waals surface area contributed by atoms with Crippen molar-refractivity contribution in [1.82, 2.24) is 15.6 Å². The molecule has 236 valence electrons. The maximum Gasteiger partial charge on any atom is 0.249 e. The number of carbonyl (C=O) groups is 3. The Labute approximate surface area is 263 Å². The second-order valence-electron chi connectivity index (χ2n) is 12.3. The van der Waals surface area contributed by atoms with Gasteiger partial charge in [0.05, 0.1) is 22.0 Å². The second kappa shape index (κ2) is 14.6. The van der Waals surface area contributed by atoms with Crippen LogP contribution in [0.2, 0.25) is 0 Å². The van der Waals surface area contributed by atoms with Gasteiger partial charge in [-0.25, -0.2) is 13.4 Å². The third-order valence-corrected chi connectivity index (χ3v) is 11.6. The average molecular weight is 640 g/mol. The van der Waals surface area contributed by atoms with Gasteiger partial charge in [0.15, 0.2) is 26.9 Å². The van der Waals surface area contributed by atoms with Crippen LogP contribution in [0.4, 0.5) is 0 Å². The van der Waals surface area contributed by atoms with Gasteiger partial charge in [0, 0.05) is 10.9 Å². The number of Topliss-reactive ketones (excluding diaryl/α,β-unsaturated/α-hetero) is 1. The van der Waals surface area contributed by atoms with E-state index in [1.54, 1.807) is 66.0 Å². The molecule has 1 saturated carbocycles. The monoisotopic (exact) mass is 639 g/mol. The number of aromatic nitrogens is 1. The Balaban J connectivity index is 1.64. The first kappa shape index (κ1) is 33.5. The SMILES string of the molecule is CC(C)(C)S(=O)(=O)C(C(=O)NC(C(=O)NC(CC1CCCCC1)C(O)C(=O)c1ccccc1)c1cscn1)c1ccccc1. The van der Waals surface area contributed by atoms with Gasteiger partial charge in [0.1, 0.15) is 6.10 Å². The third-order valence-electron chi connectivity index (χ3n) is 8.15. The van der Waals surface area contributed by atoms with Gasteiger partial charge in [0.25, 0.3) is 0 Å². The minimum absolute atomic E-state index is 0.207. The number of hydrogen-bond acceptors (Lipinski definition) is 8. The lowest BCUT2D eigenvalue weighted by Crippen LogP contribution is -2.52. The fourth-order valence-corrected chi connectivity index (χ4v) is 7.73. The summed E-state index contributed by atoms with van der Waals surface area (Å²) in [7, 11) is -4.07. The molecule has 1 aliphatic rings. The number of nitrogens with one attached hydrogen (secondary N) is 2. The van der Waals surface area contributed by atoms with Crippen molar-refractivity contribution in [2.24, 2.45) is 5.92 Å². The van der Waals surface area contributed by atoms with Gasteiger partial charge in [-0.2, -0.15) is 0 Å². The minimum atomic E-state index is -4.07. The number of sulfone groups is 1. The molecule has 4 unspecified atom stereocenters. The minimum Gasteiger partial charge on any atom is -0.383 e. The summed E-state index contributed by atoms with van der Waals surface area (Å²) in [4.78, 5) is 45.4. The van der Waals surface area contributed by atoms with E-state index in [0.717, 1.165) is 32.1 Å². The summed E-state index contributed by atoms with van der Waals surface area (Å²) in [5.74, 6) is -1.87. The molecule has 4 rings (SSSR count). The molecular weight excluding hydrogens is 599 g/mol. The maximum absolute atomic E-state index is 14.0. The molecule has 2 aromatic carbocycles. The van der Waals surface area contributed by atoms with Gasteiger partial charge in [-0.15, -0.1) is 11.3 Å². The number of aliphatic hydroxyl groups is 1. The van der Waals surface area contributed by atoms with Gasteiger partial charge >= 0.3 is 0 Å². The Morgan fingerprint density at radius 1 is 0.932 bits per heavy atom. The quantitative estimate of drug-likeness (QED) is 0.238. The van der Waals surface area contributed by atoms with Crippen LogP contribution in [0.3, 0.4) is 0 Å². The Morgan fingerprint density at radius 3 is 2.11 bits per heavy atom. The standard InChI is InChI=1S/C33H41N3O6S2/c1-33(2,3)44(41,42)30(24-17-11-6-12-18-24)32(40)36-27(26-20-43-21-34-26)31(39)35-25(19-22-13-7-4-8-14-22)29(38)28(37)23-15-9-5-10-16-23/h5-6,9-12,15-18,20-22,25,27,29-30,38H,4,7-8,13-14,19H2,1-3H3,(H,35,39)(H,36,40). The summed E-state index contributed by atoms with van der Waals surface area (Å²) >= 11 is 1.22. The van der Waals surface area contributed by atoms with Gasteiger partial charge in [0.2, 0.25) is 11.8 Å². The first-order valence-electron chi connectivity index (χ1n) is 14.9. The second-order valence-corrected chi connectivity index (χ2v) is 15.8. The molecule has 9 nitrogen and oxygen atoms in total. The summed E-state index contributed by atoms with van der Waals surface area (Å²) < 4.78 is 26.1. The molecule has 0 aliphatic heterocycles. The molecule has 11 heteroatoms. The average Bonchev–Trinajstić information content (AvgIpc) is 3.54. The van der Waals surface area contributed by atoms with Crippen LogP contribution >= 0.6 is 11.3 Å². The third kappa shape index (κ3) is 7.99. The van der Waals surface area contributed by atoms with Crippen molar-refractivity contribution in [3.05, 3.63) is 88.4 Å². The summed E-state index contributed by atoms with van der Waals surface area (Å²) in [5, 5.41) is 16.8. The van der Waals surface area contributed by atoms with Gasteiger partial charge in [-0.3, -0.25) is 14.4 Å². The predicted octanol–water partition coefficient (Wildman–Crippen LogP) is 4.95. The van der Waals surface area contributed by atoms with Crippen molar-refractivity contribution in [2.75, 3.05) is 0 Å². The van der Waals surface area contributed by atoms with Gasteiger partial charge in [-0.1, -0.05) is 92.8 Å². The number of carbonyl (C=O) groups excluding carboxylic acids is 3. The van der Waals surface area contributed by atoms with Crippen molar-refractivity contribution < 1.29 is 27.9 Å². The zero-order valence-electron chi connectivity index (χ0n) is 25.3. The Bertz CT molecular complexity index is 1500. The highest BCUT2D eigenvalue weighted by atomic mass is 32.2. The molecule has 0 spiro atoms. The molecule has 2 amide bonds. The number of rotatable bonds is 12. The Morgan fingerprint density at radius 2 is 1.55 bits per heavy atom. The fourth-order valence-electron chi connectivity index (χ4n) is 5.58. The number of ketones is 1. The Hall–Kier alpha value is -3.41. The molecular formula is C33H41N3O6S2. The van der Waals surface area contributed by atoms with Gasteiger partial charge < -0.3 is 15.7 Å². The molecule has 3 aromatic rings. The van der Waals surface area contributed by atoms with E-state index in [2.05, 4.69) is 15.6 Å². The number of benzene rings is 2.